The normalized spacial score (nSPS) is 16.2. The van der Waals surface area contributed by atoms with Crippen LogP contribution in [0.15, 0.2) is 24.8 Å². The SMILES string of the molecule is CNc1c(Cl)ncnc1N1CCC(Cn2cccn2)CC1. The van der Waals surface area contributed by atoms with Gasteiger partial charge in [-0.15, -0.1) is 0 Å². The summed E-state index contributed by atoms with van der Waals surface area (Å²) < 4.78 is 2.01. The molecule has 2 aromatic heterocycles. The van der Waals surface area contributed by atoms with E-state index in [1.54, 1.807) is 0 Å². The van der Waals surface area contributed by atoms with Gasteiger partial charge in [-0.05, 0) is 24.8 Å². The summed E-state index contributed by atoms with van der Waals surface area (Å²) in [6.45, 7) is 2.95. The van der Waals surface area contributed by atoms with Crippen molar-refractivity contribution in [3.8, 4) is 0 Å². The number of halogens is 1. The van der Waals surface area contributed by atoms with Crippen molar-refractivity contribution in [1.29, 1.82) is 0 Å². The van der Waals surface area contributed by atoms with Crippen molar-refractivity contribution in [2.45, 2.75) is 19.4 Å². The van der Waals surface area contributed by atoms with Crippen molar-refractivity contribution in [1.82, 2.24) is 19.7 Å². The van der Waals surface area contributed by atoms with Gasteiger partial charge in [0.1, 0.15) is 12.0 Å². The third-order valence-electron chi connectivity index (χ3n) is 3.95. The fourth-order valence-electron chi connectivity index (χ4n) is 2.81. The molecule has 0 unspecified atom stereocenters. The molecule has 0 spiro atoms. The Morgan fingerprint density at radius 1 is 1.33 bits per heavy atom. The van der Waals surface area contributed by atoms with E-state index < -0.39 is 0 Å². The third-order valence-corrected chi connectivity index (χ3v) is 4.24. The van der Waals surface area contributed by atoms with E-state index in [4.69, 9.17) is 11.6 Å². The summed E-state index contributed by atoms with van der Waals surface area (Å²) in [7, 11) is 1.85. The molecule has 6 nitrogen and oxygen atoms in total. The Labute approximate surface area is 129 Å². The van der Waals surface area contributed by atoms with E-state index in [9.17, 15) is 0 Å². The topological polar surface area (TPSA) is 58.9 Å². The minimum absolute atomic E-state index is 0.473. The maximum absolute atomic E-state index is 6.12. The minimum atomic E-state index is 0.473. The molecule has 0 bridgehead atoms. The first kappa shape index (κ1) is 14.1. The maximum Gasteiger partial charge on any atom is 0.157 e. The highest BCUT2D eigenvalue weighted by Gasteiger charge is 2.23. The molecule has 0 saturated carbocycles. The molecule has 1 aliphatic rings. The molecule has 3 heterocycles. The van der Waals surface area contributed by atoms with Crippen molar-refractivity contribution in [3.63, 3.8) is 0 Å². The Balaban J connectivity index is 1.64. The van der Waals surface area contributed by atoms with E-state index in [-0.39, 0.29) is 0 Å². The van der Waals surface area contributed by atoms with Crippen molar-refractivity contribution in [3.05, 3.63) is 29.9 Å². The second-order valence-electron chi connectivity index (χ2n) is 5.27. The zero-order valence-electron chi connectivity index (χ0n) is 12.0. The summed E-state index contributed by atoms with van der Waals surface area (Å²) in [5, 5.41) is 7.85. The number of nitrogens with zero attached hydrogens (tertiary/aromatic N) is 5. The molecular formula is C14H19ClN6. The zero-order valence-corrected chi connectivity index (χ0v) is 12.8. The summed E-state index contributed by atoms with van der Waals surface area (Å²) in [6, 6.07) is 1.97. The second-order valence-corrected chi connectivity index (χ2v) is 5.63. The van der Waals surface area contributed by atoms with Crippen molar-refractivity contribution >= 4 is 23.1 Å². The lowest BCUT2D eigenvalue weighted by Gasteiger charge is -2.33. The van der Waals surface area contributed by atoms with Gasteiger partial charge in [-0.25, -0.2) is 9.97 Å². The molecule has 0 atom stereocenters. The lowest BCUT2D eigenvalue weighted by molar-refractivity contribution is 0.341. The lowest BCUT2D eigenvalue weighted by Crippen LogP contribution is -2.36. The van der Waals surface area contributed by atoms with Crippen LogP contribution in [0, 0.1) is 5.92 Å². The maximum atomic E-state index is 6.12. The molecule has 3 rings (SSSR count). The van der Waals surface area contributed by atoms with Crippen molar-refractivity contribution in [2.24, 2.45) is 5.92 Å². The van der Waals surface area contributed by atoms with Crippen LogP contribution in [0.4, 0.5) is 11.5 Å². The second kappa shape index (κ2) is 6.30. The van der Waals surface area contributed by atoms with Gasteiger partial charge >= 0.3 is 0 Å². The van der Waals surface area contributed by atoms with E-state index in [0.29, 0.717) is 11.1 Å². The molecule has 0 aromatic carbocycles. The van der Waals surface area contributed by atoms with Crippen LogP contribution in [-0.4, -0.2) is 39.9 Å². The number of aromatic nitrogens is 4. The highest BCUT2D eigenvalue weighted by atomic mass is 35.5. The van der Waals surface area contributed by atoms with Crippen molar-refractivity contribution in [2.75, 3.05) is 30.4 Å². The van der Waals surface area contributed by atoms with Gasteiger partial charge in [0.05, 0.1) is 0 Å². The van der Waals surface area contributed by atoms with Gasteiger partial charge in [-0.1, -0.05) is 11.6 Å². The number of hydrogen-bond acceptors (Lipinski definition) is 5. The van der Waals surface area contributed by atoms with Crippen LogP contribution in [0.5, 0.6) is 0 Å². The van der Waals surface area contributed by atoms with Crippen LogP contribution in [-0.2, 0) is 6.54 Å². The van der Waals surface area contributed by atoms with E-state index in [0.717, 1.165) is 44.0 Å². The monoisotopic (exact) mass is 306 g/mol. The van der Waals surface area contributed by atoms with E-state index in [1.165, 1.54) is 6.33 Å². The molecular weight excluding hydrogens is 288 g/mol. The van der Waals surface area contributed by atoms with Crippen LogP contribution in [0.3, 0.4) is 0 Å². The quantitative estimate of drug-likeness (QED) is 0.878. The number of hydrogen-bond donors (Lipinski definition) is 1. The summed E-state index contributed by atoms with van der Waals surface area (Å²) in [4.78, 5) is 10.7. The first-order chi connectivity index (χ1) is 10.3. The van der Waals surface area contributed by atoms with E-state index in [1.807, 2.05) is 30.2 Å². The Kier molecular flexibility index (Phi) is 4.24. The highest BCUT2D eigenvalue weighted by Crippen LogP contribution is 2.31. The number of piperidine rings is 1. The first-order valence-electron chi connectivity index (χ1n) is 7.18. The zero-order chi connectivity index (χ0) is 14.7. The van der Waals surface area contributed by atoms with Crippen molar-refractivity contribution < 1.29 is 0 Å². The van der Waals surface area contributed by atoms with Gasteiger partial charge < -0.3 is 10.2 Å². The summed E-state index contributed by atoms with van der Waals surface area (Å²) >= 11 is 6.12. The summed E-state index contributed by atoms with van der Waals surface area (Å²) in [5.41, 5.74) is 0.810. The van der Waals surface area contributed by atoms with Crippen LogP contribution in [0.25, 0.3) is 0 Å². The standard InChI is InChI=1S/C14H19ClN6/c1-16-12-13(15)17-10-18-14(12)20-7-3-11(4-8-20)9-21-6-2-5-19-21/h2,5-6,10-11,16H,3-4,7-9H2,1H3. The minimum Gasteiger partial charge on any atom is -0.383 e. The molecule has 112 valence electrons. The Morgan fingerprint density at radius 2 is 2.14 bits per heavy atom. The molecule has 1 fully saturated rings. The van der Waals surface area contributed by atoms with E-state index in [2.05, 4.69) is 25.3 Å². The van der Waals surface area contributed by atoms with Gasteiger partial charge in [0, 0.05) is 39.1 Å². The molecule has 1 N–H and O–H groups in total. The van der Waals surface area contributed by atoms with Gasteiger partial charge in [0.2, 0.25) is 0 Å². The average Bonchev–Trinajstić information content (AvgIpc) is 3.01. The first-order valence-corrected chi connectivity index (χ1v) is 7.56. The average molecular weight is 307 g/mol. The molecule has 1 aliphatic heterocycles. The smallest absolute Gasteiger partial charge is 0.157 e. The Morgan fingerprint density at radius 3 is 2.81 bits per heavy atom. The fraction of sp³-hybridized carbons (Fsp3) is 0.500. The Hall–Kier alpha value is -1.82. The van der Waals surface area contributed by atoms with Gasteiger partial charge in [-0.2, -0.15) is 5.10 Å². The summed E-state index contributed by atoms with van der Waals surface area (Å²) in [6.07, 6.45) is 7.64. The predicted molar refractivity (Wildman–Crippen MR) is 83.8 cm³/mol. The lowest BCUT2D eigenvalue weighted by atomic mass is 9.97. The fourth-order valence-corrected chi connectivity index (χ4v) is 3.03. The van der Waals surface area contributed by atoms with E-state index >= 15 is 0 Å². The molecule has 7 heteroatoms. The van der Waals surface area contributed by atoms with Crippen LogP contribution >= 0.6 is 11.6 Å². The summed E-state index contributed by atoms with van der Waals surface area (Å²) in [5.74, 6) is 1.56. The van der Waals surface area contributed by atoms with Gasteiger partial charge in [-0.3, -0.25) is 4.68 Å². The van der Waals surface area contributed by atoms with Gasteiger partial charge in [0.15, 0.2) is 11.0 Å². The highest BCUT2D eigenvalue weighted by molar-refractivity contribution is 6.32. The number of rotatable bonds is 4. The molecule has 0 radical (unpaired) electrons. The van der Waals surface area contributed by atoms with Gasteiger partial charge in [0.25, 0.3) is 0 Å². The third kappa shape index (κ3) is 3.10. The van der Waals surface area contributed by atoms with Crippen LogP contribution < -0.4 is 10.2 Å². The predicted octanol–water partition coefficient (Wildman–Crippen LogP) is 2.28. The molecule has 0 amide bonds. The number of anilines is 2. The Bertz CT molecular complexity index is 577. The van der Waals surface area contributed by atoms with Crippen LogP contribution in [0.2, 0.25) is 5.15 Å². The number of nitrogens with one attached hydrogen (secondary N) is 1. The molecule has 21 heavy (non-hydrogen) atoms. The van der Waals surface area contributed by atoms with Crippen LogP contribution in [0.1, 0.15) is 12.8 Å². The molecule has 2 aromatic rings. The molecule has 0 aliphatic carbocycles. The molecule has 1 saturated heterocycles. The largest absolute Gasteiger partial charge is 0.383 e.